The molecule has 164 valence electrons. The highest BCUT2D eigenvalue weighted by Crippen LogP contribution is 2.18. The Morgan fingerprint density at radius 2 is 2.13 bits per heavy atom. The summed E-state index contributed by atoms with van der Waals surface area (Å²) in [5.41, 5.74) is 2.80. The van der Waals surface area contributed by atoms with Gasteiger partial charge in [0, 0.05) is 38.6 Å². The molecule has 0 saturated carbocycles. The first kappa shape index (κ1) is 23.0. The first-order valence-corrected chi connectivity index (χ1v) is 10.6. The highest BCUT2D eigenvalue weighted by molar-refractivity contribution is 14.0. The molecule has 0 amide bonds. The van der Waals surface area contributed by atoms with Crippen LogP contribution in [0.2, 0.25) is 0 Å². The van der Waals surface area contributed by atoms with Gasteiger partial charge in [-0.2, -0.15) is 5.10 Å². The third-order valence-electron chi connectivity index (χ3n) is 5.63. The number of halogens is 1. The molecule has 4 rings (SSSR count). The van der Waals surface area contributed by atoms with Crippen molar-refractivity contribution >= 4 is 29.9 Å². The number of benzene rings is 1. The molecule has 2 aliphatic rings. The van der Waals surface area contributed by atoms with Gasteiger partial charge in [-0.25, -0.2) is 9.67 Å². The van der Waals surface area contributed by atoms with Crippen LogP contribution in [0.5, 0.6) is 0 Å². The van der Waals surface area contributed by atoms with Gasteiger partial charge in [-0.15, -0.1) is 24.0 Å². The Morgan fingerprint density at radius 1 is 1.30 bits per heavy atom. The van der Waals surface area contributed by atoms with Gasteiger partial charge in [-0.1, -0.05) is 24.3 Å². The van der Waals surface area contributed by atoms with Gasteiger partial charge in [-0.3, -0.25) is 9.89 Å². The van der Waals surface area contributed by atoms with Crippen molar-refractivity contribution in [2.75, 3.05) is 26.2 Å². The number of aliphatic hydroxyl groups is 1. The average Bonchev–Trinajstić information content (AvgIpc) is 3.20. The van der Waals surface area contributed by atoms with E-state index in [1.54, 1.807) is 6.33 Å². The Hall–Kier alpha value is -1.72. The van der Waals surface area contributed by atoms with Crippen LogP contribution >= 0.6 is 24.0 Å². The van der Waals surface area contributed by atoms with Crippen LogP contribution in [0.25, 0.3) is 0 Å². The second-order valence-corrected chi connectivity index (χ2v) is 7.87. The van der Waals surface area contributed by atoms with Crippen molar-refractivity contribution in [3.63, 3.8) is 0 Å². The summed E-state index contributed by atoms with van der Waals surface area (Å²) in [5.74, 6) is 1.80. The number of hydrogen-bond donors (Lipinski definition) is 3. The van der Waals surface area contributed by atoms with Gasteiger partial charge in [0.05, 0.1) is 19.2 Å². The number of aromatic nitrogens is 3. The van der Waals surface area contributed by atoms with E-state index in [4.69, 9.17) is 0 Å². The lowest BCUT2D eigenvalue weighted by Gasteiger charge is -2.30. The summed E-state index contributed by atoms with van der Waals surface area (Å²) in [6, 6.07) is 8.84. The molecule has 0 spiro atoms. The Labute approximate surface area is 195 Å². The Kier molecular flexibility index (Phi) is 8.46. The maximum Gasteiger partial charge on any atom is 0.191 e. The van der Waals surface area contributed by atoms with Crippen LogP contribution in [0.3, 0.4) is 0 Å². The largest absolute Gasteiger partial charge is 0.390 e. The number of aliphatic hydroxyl groups excluding tert-OH is 1. The maximum atomic E-state index is 10.5. The van der Waals surface area contributed by atoms with E-state index in [1.807, 2.05) is 4.68 Å². The van der Waals surface area contributed by atoms with E-state index >= 15 is 0 Å². The molecule has 2 aromatic rings. The van der Waals surface area contributed by atoms with Crippen molar-refractivity contribution in [1.82, 2.24) is 30.3 Å². The highest BCUT2D eigenvalue weighted by Gasteiger charge is 2.21. The number of β-amino-alcohol motifs (C(OH)–C–C–N with tert-alkyl or cyclic N) is 1. The zero-order valence-electron chi connectivity index (χ0n) is 17.5. The monoisotopic (exact) mass is 525 g/mol. The summed E-state index contributed by atoms with van der Waals surface area (Å²) < 4.78 is 1.95. The van der Waals surface area contributed by atoms with Crippen LogP contribution in [0, 0.1) is 0 Å². The molecule has 1 aromatic carbocycles. The quantitative estimate of drug-likeness (QED) is 0.298. The van der Waals surface area contributed by atoms with E-state index < -0.39 is 6.10 Å². The summed E-state index contributed by atoms with van der Waals surface area (Å²) in [4.78, 5) is 11.2. The smallest absolute Gasteiger partial charge is 0.191 e. The SMILES string of the molecule is CCNC(=NCC(O)CN1CCc2ccccc2C1)NC1CCc2ncnn2C1.I. The minimum absolute atomic E-state index is 0. The number of nitrogens with zero attached hydrogens (tertiary/aromatic N) is 5. The number of fused-ring (bicyclic) bond motifs is 2. The molecule has 0 fully saturated rings. The van der Waals surface area contributed by atoms with Crippen LogP contribution in [0.15, 0.2) is 35.6 Å². The molecule has 30 heavy (non-hydrogen) atoms. The lowest BCUT2D eigenvalue weighted by Crippen LogP contribution is -2.47. The first-order valence-electron chi connectivity index (χ1n) is 10.6. The average molecular weight is 525 g/mol. The van der Waals surface area contributed by atoms with Gasteiger partial charge in [0.15, 0.2) is 5.96 Å². The van der Waals surface area contributed by atoms with Crippen molar-refractivity contribution in [2.45, 2.75) is 51.4 Å². The van der Waals surface area contributed by atoms with Crippen LogP contribution < -0.4 is 10.6 Å². The molecule has 0 radical (unpaired) electrons. The van der Waals surface area contributed by atoms with E-state index in [9.17, 15) is 5.11 Å². The summed E-state index contributed by atoms with van der Waals surface area (Å²) in [6.07, 6.45) is 4.09. The summed E-state index contributed by atoms with van der Waals surface area (Å²) in [7, 11) is 0. The maximum absolute atomic E-state index is 10.5. The zero-order chi connectivity index (χ0) is 20.1. The lowest BCUT2D eigenvalue weighted by atomic mass is 10.00. The first-order chi connectivity index (χ1) is 14.2. The van der Waals surface area contributed by atoms with Gasteiger partial charge in [-0.05, 0) is 30.9 Å². The number of guanidine groups is 1. The van der Waals surface area contributed by atoms with Crippen molar-refractivity contribution in [3.05, 3.63) is 47.5 Å². The fourth-order valence-corrected chi connectivity index (χ4v) is 4.13. The van der Waals surface area contributed by atoms with Gasteiger partial charge < -0.3 is 15.7 Å². The highest BCUT2D eigenvalue weighted by atomic mass is 127. The van der Waals surface area contributed by atoms with Gasteiger partial charge in [0.2, 0.25) is 0 Å². The summed E-state index contributed by atoms with van der Waals surface area (Å²) in [6.45, 7) is 6.53. The van der Waals surface area contributed by atoms with E-state index in [-0.39, 0.29) is 30.0 Å². The molecule has 8 nitrogen and oxygen atoms in total. The third-order valence-corrected chi connectivity index (χ3v) is 5.63. The number of aryl methyl sites for hydroxylation is 1. The fourth-order valence-electron chi connectivity index (χ4n) is 4.13. The zero-order valence-corrected chi connectivity index (χ0v) is 19.8. The second kappa shape index (κ2) is 11.1. The molecule has 3 N–H and O–H groups in total. The lowest BCUT2D eigenvalue weighted by molar-refractivity contribution is 0.111. The van der Waals surface area contributed by atoms with Gasteiger partial charge >= 0.3 is 0 Å². The van der Waals surface area contributed by atoms with Crippen molar-refractivity contribution in [1.29, 1.82) is 0 Å². The van der Waals surface area contributed by atoms with Gasteiger partial charge in [0.25, 0.3) is 0 Å². The minimum Gasteiger partial charge on any atom is -0.390 e. The Bertz CT molecular complexity index is 840. The standard InChI is InChI=1S/C21H31N7O.HI/c1-2-22-21(26-18-7-8-20-24-15-25-28(20)13-18)23-11-19(29)14-27-10-9-16-5-3-4-6-17(16)12-27;/h3-6,15,18-19,29H,2,7-14H2,1H3,(H2,22,23,26);1H. The molecule has 1 aromatic heterocycles. The van der Waals surface area contributed by atoms with Crippen molar-refractivity contribution in [3.8, 4) is 0 Å². The second-order valence-electron chi connectivity index (χ2n) is 7.87. The minimum atomic E-state index is -0.482. The van der Waals surface area contributed by atoms with Gasteiger partial charge in [0.1, 0.15) is 12.2 Å². The molecular weight excluding hydrogens is 493 g/mol. The van der Waals surface area contributed by atoms with Crippen LogP contribution in [-0.2, 0) is 25.9 Å². The molecule has 2 atom stereocenters. The summed E-state index contributed by atoms with van der Waals surface area (Å²) >= 11 is 0. The topological polar surface area (TPSA) is 90.6 Å². The molecule has 0 saturated heterocycles. The Balaban J connectivity index is 0.00000256. The number of hydrogen-bond acceptors (Lipinski definition) is 5. The number of nitrogens with one attached hydrogen (secondary N) is 2. The third kappa shape index (κ3) is 5.92. The summed E-state index contributed by atoms with van der Waals surface area (Å²) in [5, 5.41) is 21.6. The molecule has 0 aliphatic carbocycles. The number of rotatable bonds is 6. The van der Waals surface area contributed by atoms with E-state index in [2.05, 4.69) is 61.8 Å². The molecule has 0 bridgehead atoms. The van der Waals surface area contributed by atoms with E-state index in [0.717, 1.165) is 57.2 Å². The number of aliphatic imine (C=N–C) groups is 1. The molecular formula is C21H32IN7O. The van der Waals surface area contributed by atoms with Crippen LogP contribution in [-0.4, -0.2) is 69.1 Å². The van der Waals surface area contributed by atoms with E-state index in [1.165, 1.54) is 11.1 Å². The van der Waals surface area contributed by atoms with Crippen LogP contribution in [0.4, 0.5) is 0 Å². The molecule has 9 heteroatoms. The predicted molar refractivity (Wildman–Crippen MR) is 128 cm³/mol. The van der Waals surface area contributed by atoms with Crippen LogP contribution in [0.1, 0.15) is 30.3 Å². The molecule has 2 unspecified atom stereocenters. The molecule has 2 aliphatic heterocycles. The molecule has 3 heterocycles. The van der Waals surface area contributed by atoms with Crippen molar-refractivity contribution < 1.29 is 5.11 Å². The normalized spacial score (nSPS) is 19.9. The fraction of sp³-hybridized carbons (Fsp3) is 0.571. The predicted octanol–water partition coefficient (Wildman–Crippen LogP) is 1.19. The van der Waals surface area contributed by atoms with Crippen molar-refractivity contribution in [2.24, 2.45) is 4.99 Å². The Morgan fingerprint density at radius 3 is 2.97 bits per heavy atom. The van der Waals surface area contributed by atoms with E-state index in [0.29, 0.717) is 13.1 Å².